The van der Waals surface area contributed by atoms with Gasteiger partial charge in [0.2, 0.25) is 0 Å². The lowest BCUT2D eigenvalue weighted by atomic mass is 10.3. The van der Waals surface area contributed by atoms with Crippen LogP contribution < -0.4 is 19.5 Å². The summed E-state index contributed by atoms with van der Waals surface area (Å²) in [6.07, 6.45) is -3.74. The van der Waals surface area contributed by atoms with Crippen LogP contribution in [-0.4, -0.2) is 31.4 Å². The molecule has 0 aliphatic carbocycles. The third kappa shape index (κ3) is 4.59. The molecule has 7 nitrogen and oxygen atoms in total. The van der Waals surface area contributed by atoms with Crippen molar-refractivity contribution in [3.8, 4) is 17.2 Å². The molecule has 136 valence electrons. The lowest BCUT2D eigenvalue weighted by Gasteiger charge is -2.08. The summed E-state index contributed by atoms with van der Waals surface area (Å²) in [5.74, 6) is -1.23. The molecule has 1 aliphatic rings. The van der Waals surface area contributed by atoms with Gasteiger partial charge in [-0.05, 0) is 24.3 Å². The Morgan fingerprint density at radius 1 is 1.00 bits per heavy atom. The average molecular weight is 365 g/mol. The highest BCUT2D eigenvalue weighted by Gasteiger charge is 2.43. The molecule has 3 rings (SSSR count). The number of nitrogens with one attached hydrogen (secondary N) is 1. The number of carbonyl (C=O) groups is 2. The Morgan fingerprint density at radius 3 is 2.50 bits per heavy atom. The number of halogens is 2. The van der Waals surface area contributed by atoms with Crippen molar-refractivity contribution in [3.05, 3.63) is 48.5 Å². The van der Waals surface area contributed by atoms with E-state index in [2.05, 4.69) is 14.8 Å². The van der Waals surface area contributed by atoms with Gasteiger partial charge in [0.05, 0.1) is 0 Å². The molecule has 0 radical (unpaired) electrons. The number of esters is 1. The molecule has 1 N–H and O–H groups in total. The van der Waals surface area contributed by atoms with Gasteiger partial charge in [-0.1, -0.05) is 18.2 Å². The molecule has 0 spiro atoms. The van der Waals surface area contributed by atoms with E-state index in [1.807, 2.05) is 0 Å². The predicted octanol–water partition coefficient (Wildman–Crippen LogP) is 2.57. The molecule has 2 aromatic rings. The van der Waals surface area contributed by atoms with Gasteiger partial charge in [0, 0.05) is 11.8 Å². The first-order valence-electron chi connectivity index (χ1n) is 7.44. The summed E-state index contributed by atoms with van der Waals surface area (Å²) in [4.78, 5) is 23.3. The molecular weight excluding hydrogens is 352 g/mol. The summed E-state index contributed by atoms with van der Waals surface area (Å²) in [6, 6.07) is 12.4. The number of carbonyl (C=O) groups excluding carboxylic acids is 2. The van der Waals surface area contributed by atoms with Crippen LogP contribution >= 0.6 is 0 Å². The Morgan fingerprint density at radius 2 is 1.73 bits per heavy atom. The summed E-state index contributed by atoms with van der Waals surface area (Å²) >= 11 is 0. The predicted molar refractivity (Wildman–Crippen MR) is 84.2 cm³/mol. The maximum atomic E-state index is 12.9. The molecule has 0 unspecified atom stereocenters. The van der Waals surface area contributed by atoms with E-state index in [1.165, 1.54) is 18.2 Å². The van der Waals surface area contributed by atoms with Crippen molar-refractivity contribution < 1.29 is 37.3 Å². The zero-order chi connectivity index (χ0) is 18.6. The van der Waals surface area contributed by atoms with Gasteiger partial charge >= 0.3 is 12.3 Å². The molecule has 9 heteroatoms. The van der Waals surface area contributed by atoms with E-state index in [4.69, 9.17) is 9.47 Å². The van der Waals surface area contributed by atoms with E-state index in [0.717, 1.165) is 0 Å². The fourth-order valence-electron chi connectivity index (χ4n) is 2.07. The molecule has 2 aromatic carbocycles. The Hall–Kier alpha value is -3.36. The molecule has 26 heavy (non-hydrogen) atoms. The molecular formula is C17H13F2NO6. The highest BCUT2D eigenvalue weighted by molar-refractivity contribution is 5.93. The third-order valence-corrected chi connectivity index (χ3v) is 3.15. The highest BCUT2D eigenvalue weighted by Crippen LogP contribution is 2.42. The van der Waals surface area contributed by atoms with E-state index in [-0.39, 0.29) is 23.8 Å². The molecule has 0 bridgehead atoms. The van der Waals surface area contributed by atoms with E-state index in [0.29, 0.717) is 5.75 Å². The van der Waals surface area contributed by atoms with Crippen LogP contribution in [0.1, 0.15) is 0 Å². The standard InChI is InChI=1S/C17H13F2NO6/c18-17(19)25-13-7-6-11(8-14(13)26-17)20-15(21)9-24-16(22)10-23-12-4-2-1-3-5-12/h1-8H,9-10H2,(H,20,21). The minimum atomic E-state index is -3.74. The summed E-state index contributed by atoms with van der Waals surface area (Å²) < 4.78 is 44.3. The van der Waals surface area contributed by atoms with Crippen LogP contribution in [0.15, 0.2) is 48.5 Å². The molecule has 1 amide bonds. The van der Waals surface area contributed by atoms with Gasteiger partial charge in [0.1, 0.15) is 5.75 Å². The second kappa shape index (κ2) is 7.26. The number of benzene rings is 2. The van der Waals surface area contributed by atoms with E-state index < -0.39 is 24.8 Å². The molecule has 0 aromatic heterocycles. The molecule has 1 heterocycles. The fraction of sp³-hybridized carbons (Fsp3) is 0.176. The minimum Gasteiger partial charge on any atom is -0.482 e. The maximum absolute atomic E-state index is 12.9. The van der Waals surface area contributed by atoms with Crippen molar-refractivity contribution in [2.45, 2.75) is 6.29 Å². The Labute approximate surface area is 146 Å². The van der Waals surface area contributed by atoms with Crippen molar-refractivity contribution in [2.75, 3.05) is 18.5 Å². The largest absolute Gasteiger partial charge is 0.586 e. The summed E-state index contributed by atoms with van der Waals surface area (Å²) in [6.45, 7) is -0.905. The zero-order valence-corrected chi connectivity index (χ0v) is 13.2. The van der Waals surface area contributed by atoms with Crippen LogP contribution in [-0.2, 0) is 14.3 Å². The van der Waals surface area contributed by atoms with Gasteiger partial charge in [-0.3, -0.25) is 4.79 Å². The second-order valence-corrected chi connectivity index (χ2v) is 5.14. The third-order valence-electron chi connectivity index (χ3n) is 3.15. The number of alkyl halides is 2. The van der Waals surface area contributed by atoms with Crippen molar-refractivity contribution in [1.29, 1.82) is 0 Å². The van der Waals surface area contributed by atoms with Crippen LogP contribution in [0.2, 0.25) is 0 Å². The molecule has 0 fully saturated rings. The molecule has 0 saturated carbocycles. The van der Waals surface area contributed by atoms with E-state index in [1.54, 1.807) is 30.3 Å². The highest BCUT2D eigenvalue weighted by atomic mass is 19.3. The van der Waals surface area contributed by atoms with E-state index >= 15 is 0 Å². The number of hydrogen-bond donors (Lipinski definition) is 1. The van der Waals surface area contributed by atoms with Gasteiger partial charge in [-0.15, -0.1) is 8.78 Å². The lowest BCUT2D eigenvalue weighted by molar-refractivity contribution is -0.286. The minimum absolute atomic E-state index is 0.141. The van der Waals surface area contributed by atoms with Crippen LogP contribution in [0.5, 0.6) is 17.2 Å². The fourth-order valence-corrected chi connectivity index (χ4v) is 2.07. The molecule has 0 atom stereocenters. The van der Waals surface area contributed by atoms with Crippen LogP contribution in [0, 0.1) is 0 Å². The lowest BCUT2D eigenvalue weighted by Crippen LogP contribution is -2.26. The number of para-hydroxylation sites is 1. The zero-order valence-electron chi connectivity index (χ0n) is 13.2. The first-order valence-corrected chi connectivity index (χ1v) is 7.44. The number of rotatable bonds is 6. The number of hydrogen-bond acceptors (Lipinski definition) is 6. The van der Waals surface area contributed by atoms with Crippen molar-refractivity contribution >= 4 is 17.6 Å². The van der Waals surface area contributed by atoms with Crippen LogP contribution in [0.3, 0.4) is 0 Å². The van der Waals surface area contributed by atoms with Gasteiger partial charge in [0.25, 0.3) is 5.91 Å². The van der Waals surface area contributed by atoms with Gasteiger partial charge in [-0.25, -0.2) is 4.79 Å². The number of fused-ring (bicyclic) bond motifs is 1. The van der Waals surface area contributed by atoms with Gasteiger partial charge in [-0.2, -0.15) is 0 Å². The quantitative estimate of drug-likeness (QED) is 0.793. The summed E-state index contributed by atoms with van der Waals surface area (Å²) in [7, 11) is 0. The van der Waals surface area contributed by atoms with Crippen molar-refractivity contribution in [2.24, 2.45) is 0 Å². The topological polar surface area (TPSA) is 83.1 Å². The van der Waals surface area contributed by atoms with Gasteiger partial charge < -0.3 is 24.3 Å². The number of ether oxygens (including phenoxy) is 4. The number of amides is 1. The Bertz CT molecular complexity index is 812. The Kier molecular flexibility index (Phi) is 4.87. The SMILES string of the molecule is O=C(COC(=O)COc1ccccc1)Nc1ccc2c(c1)OC(F)(F)O2. The first kappa shape index (κ1) is 17.5. The first-order chi connectivity index (χ1) is 12.4. The number of anilines is 1. The summed E-state index contributed by atoms with van der Waals surface area (Å²) in [5, 5.41) is 2.39. The van der Waals surface area contributed by atoms with E-state index in [9.17, 15) is 18.4 Å². The van der Waals surface area contributed by atoms with Gasteiger partial charge in [0.15, 0.2) is 24.7 Å². The normalized spacial score (nSPS) is 13.8. The monoisotopic (exact) mass is 365 g/mol. The average Bonchev–Trinajstić information content (AvgIpc) is 2.92. The Balaban J connectivity index is 1.44. The van der Waals surface area contributed by atoms with Crippen LogP contribution in [0.25, 0.3) is 0 Å². The smallest absolute Gasteiger partial charge is 0.482 e. The van der Waals surface area contributed by atoms with Crippen LogP contribution in [0.4, 0.5) is 14.5 Å². The summed E-state index contributed by atoms with van der Waals surface area (Å²) in [5.41, 5.74) is 0.187. The van der Waals surface area contributed by atoms with Crippen molar-refractivity contribution in [1.82, 2.24) is 0 Å². The molecule has 1 aliphatic heterocycles. The second-order valence-electron chi connectivity index (χ2n) is 5.14. The molecule has 0 saturated heterocycles. The van der Waals surface area contributed by atoms with Crippen molar-refractivity contribution in [3.63, 3.8) is 0 Å². The maximum Gasteiger partial charge on any atom is 0.586 e.